The predicted octanol–water partition coefficient (Wildman–Crippen LogP) is 2.19. The summed E-state index contributed by atoms with van der Waals surface area (Å²) >= 11 is 0. The van der Waals surface area contributed by atoms with Gasteiger partial charge in [-0.1, -0.05) is 18.2 Å². The summed E-state index contributed by atoms with van der Waals surface area (Å²) in [4.78, 5) is 3.16. The lowest BCUT2D eigenvalue weighted by molar-refractivity contribution is 1.11. The lowest BCUT2D eigenvalue weighted by Crippen LogP contribution is -1.94. The van der Waals surface area contributed by atoms with Crippen molar-refractivity contribution in [2.24, 2.45) is 0 Å². The number of benzene rings is 1. The largest absolute Gasteiger partial charge is 0.398 e. The zero-order valence-corrected chi connectivity index (χ0v) is 7.33. The van der Waals surface area contributed by atoms with Crippen molar-refractivity contribution in [2.75, 3.05) is 5.73 Å². The number of nitrogen functional groups attached to an aromatic ring is 1. The van der Waals surface area contributed by atoms with E-state index in [1.807, 2.05) is 30.5 Å². The van der Waals surface area contributed by atoms with Crippen molar-refractivity contribution >= 4 is 5.69 Å². The number of nitrogens with one attached hydrogen (secondary N) is 1. The highest BCUT2D eigenvalue weighted by atomic mass is 14.7. The van der Waals surface area contributed by atoms with Crippen LogP contribution in [0.25, 0.3) is 0 Å². The van der Waals surface area contributed by atoms with E-state index in [-0.39, 0.29) is 0 Å². The maximum atomic E-state index is 5.82. The van der Waals surface area contributed by atoms with Crippen LogP contribution in [0.5, 0.6) is 0 Å². The number of aromatic nitrogens is 1. The van der Waals surface area contributed by atoms with Gasteiger partial charge < -0.3 is 10.7 Å². The van der Waals surface area contributed by atoms with Crippen LogP contribution >= 0.6 is 0 Å². The van der Waals surface area contributed by atoms with E-state index in [1.54, 1.807) is 0 Å². The fourth-order valence-electron chi connectivity index (χ4n) is 1.38. The van der Waals surface area contributed by atoms with Gasteiger partial charge in [0.15, 0.2) is 0 Å². The van der Waals surface area contributed by atoms with Crippen LogP contribution in [0.3, 0.4) is 0 Å². The first kappa shape index (κ1) is 7.92. The molecule has 13 heavy (non-hydrogen) atoms. The Morgan fingerprint density at radius 1 is 1.08 bits per heavy atom. The minimum atomic E-state index is 0.858. The van der Waals surface area contributed by atoms with Crippen molar-refractivity contribution in [3.8, 4) is 0 Å². The molecule has 0 fully saturated rings. The summed E-state index contributed by atoms with van der Waals surface area (Å²) in [5, 5.41) is 0. The minimum absolute atomic E-state index is 0.858. The molecule has 2 aromatic rings. The number of anilines is 1. The molecule has 0 atom stereocenters. The van der Waals surface area contributed by atoms with Crippen LogP contribution < -0.4 is 5.73 Å². The lowest BCUT2D eigenvalue weighted by atomic mass is 10.1. The molecule has 0 radical (unpaired) electrons. The molecule has 0 amide bonds. The molecule has 0 bridgehead atoms. The molecule has 0 unspecified atom stereocenters. The Bertz CT molecular complexity index is 377. The van der Waals surface area contributed by atoms with E-state index in [1.165, 1.54) is 11.3 Å². The average molecular weight is 172 g/mol. The van der Waals surface area contributed by atoms with Gasteiger partial charge in [0.05, 0.1) is 0 Å². The highest BCUT2D eigenvalue weighted by molar-refractivity contribution is 5.47. The van der Waals surface area contributed by atoms with Crippen molar-refractivity contribution in [1.82, 2.24) is 4.98 Å². The van der Waals surface area contributed by atoms with Gasteiger partial charge in [-0.15, -0.1) is 0 Å². The third-order valence-electron chi connectivity index (χ3n) is 2.10. The smallest absolute Gasteiger partial charge is 0.0350 e. The number of nitrogens with two attached hydrogens (primary N) is 1. The average Bonchev–Trinajstić information content (AvgIpc) is 2.61. The minimum Gasteiger partial charge on any atom is -0.398 e. The molecular weight excluding hydrogens is 160 g/mol. The van der Waals surface area contributed by atoms with E-state index in [4.69, 9.17) is 5.73 Å². The standard InChI is InChI=1S/C11H12N2/c12-11-6-2-1-4-9(11)8-10-5-3-7-13-10/h1-7,13H,8,12H2. The first-order valence-electron chi connectivity index (χ1n) is 4.32. The second-order valence-electron chi connectivity index (χ2n) is 3.07. The molecule has 66 valence electrons. The molecule has 0 spiro atoms. The number of rotatable bonds is 2. The van der Waals surface area contributed by atoms with Crippen LogP contribution in [0.2, 0.25) is 0 Å². The molecule has 2 nitrogen and oxygen atoms in total. The van der Waals surface area contributed by atoms with Crippen molar-refractivity contribution in [1.29, 1.82) is 0 Å². The topological polar surface area (TPSA) is 41.8 Å². The fraction of sp³-hybridized carbons (Fsp3) is 0.0909. The maximum absolute atomic E-state index is 5.82. The quantitative estimate of drug-likeness (QED) is 0.670. The molecule has 1 aromatic heterocycles. The number of hydrogen-bond acceptors (Lipinski definition) is 1. The van der Waals surface area contributed by atoms with E-state index in [9.17, 15) is 0 Å². The van der Waals surface area contributed by atoms with E-state index in [2.05, 4.69) is 17.1 Å². The van der Waals surface area contributed by atoms with Crippen molar-refractivity contribution in [2.45, 2.75) is 6.42 Å². The van der Waals surface area contributed by atoms with Crippen LogP contribution in [0.4, 0.5) is 5.69 Å². The van der Waals surface area contributed by atoms with Gasteiger partial charge in [0.2, 0.25) is 0 Å². The Hall–Kier alpha value is -1.70. The van der Waals surface area contributed by atoms with Crippen molar-refractivity contribution in [3.63, 3.8) is 0 Å². The van der Waals surface area contributed by atoms with E-state index >= 15 is 0 Å². The van der Waals surface area contributed by atoms with E-state index in [0.717, 1.165) is 12.1 Å². The van der Waals surface area contributed by atoms with Gasteiger partial charge in [0, 0.05) is 24.0 Å². The molecule has 0 aliphatic rings. The summed E-state index contributed by atoms with van der Waals surface area (Å²) in [6.07, 6.45) is 2.80. The van der Waals surface area contributed by atoms with Gasteiger partial charge in [-0.05, 0) is 23.8 Å². The summed E-state index contributed by atoms with van der Waals surface area (Å²) in [5.41, 5.74) is 9.05. The molecule has 0 aliphatic heterocycles. The summed E-state index contributed by atoms with van der Waals surface area (Å²) in [5.74, 6) is 0. The van der Waals surface area contributed by atoms with Crippen LogP contribution in [-0.4, -0.2) is 4.98 Å². The molecular formula is C11H12N2. The Balaban J connectivity index is 2.24. The molecule has 1 heterocycles. The fourth-order valence-corrected chi connectivity index (χ4v) is 1.38. The third-order valence-corrected chi connectivity index (χ3v) is 2.10. The second kappa shape index (κ2) is 3.35. The molecule has 0 aliphatic carbocycles. The Labute approximate surface area is 77.4 Å². The predicted molar refractivity (Wildman–Crippen MR) is 54.5 cm³/mol. The monoisotopic (exact) mass is 172 g/mol. The normalized spacial score (nSPS) is 10.2. The molecule has 3 N–H and O–H groups in total. The number of aromatic amines is 1. The molecule has 0 saturated carbocycles. The lowest BCUT2D eigenvalue weighted by Gasteiger charge is -2.02. The maximum Gasteiger partial charge on any atom is 0.0350 e. The summed E-state index contributed by atoms with van der Waals surface area (Å²) in [6.45, 7) is 0. The Morgan fingerprint density at radius 3 is 2.62 bits per heavy atom. The number of hydrogen-bond donors (Lipinski definition) is 2. The summed E-state index contributed by atoms with van der Waals surface area (Å²) in [6, 6.07) is 12.0. The molecule has 1 aromatic carbocycles. The van der Waals surface area contributed by atoms with Gasteiger partial charge in [-0.3, -0.25) is 0 Å². The summed E-state index contributed by atoms with van der Waals surface area (Å²) in [7, 11) is 0. The van der Waals surface area contributed by atoms with Crippen LogP contribution in [0.15, 0.2) is 42.6 Å². The molecule has 0 saturated heterocycles. The van der Waals surface area contributed by atoms with Gasteiger partial charge in [-0.2, -0.15) is 0 Å². The van der Waals surface area contributed by atoms with E-state index in [0.29, 0.717) is 0 Å². The number of para-hydroxylation sites is 1. The van der Waals surface area contributed by atoms with Crippen molar-refractivity contribution < 1.29 is 0 Å². The van der Waals surface area contributed by atoms with E-state index < -0.39 is 0 Å². The van der Waals surface area contributed by atoms with Gasteiger partial charge >= 0.3 is 0 Å². The summed E-state index contributed by atoms with van der Waals surface area (Å²) < 4.78 is 0. The van der Waals surface area contributed by atoms with Crippen LogP contribution in [-0.2, 0) is 6.42 Å². The Morgan fingerprint density at radius 2 is 1.92 bits per heavy atom. The third kappa shape index (κ3) is 1.72. The first-order valence-corrected chi connectivity index (χ1v) is 4.32. The van der Waals surface area contributed by atoms with Crippen LogP contribution in [0, 0.1) is 0 Å². The zero-order chi connectivity index (χ0) is 9.10. The Kier molecular flexibility index (Phi) is 2.04. The SMILES string of the molecule is Nc1ccccc1Cc1ccc[nH]1. The zero-order valence-electron chi connectivity index (χ0n) is 7.33. The van der Waals surface area contributed by atoms with Gasteiger partial charge in [0.25, 0.3) is 0 Å². The van der Waals surface area contributed by atoms with Crippen LogP contribution in [0.1, 0.15) is 11.3 Å². The van der Waals surface area contributed by atoms with Gasteiger partial charge in [0.1, 0.15) is 0 Å². The molecule has 2 heteroatoms. The highest BCUT2D eigenvalue weighted by Gasteiger charge is 1.99. The number of H-pyrrole nitrogens is 1. The second-order valence-corrected chi connectivity index (χ2v) is 3.07. The van der Waals surface area contributed by atoms with Crippen molar-refractivity contribution in [3.05, 3.63) is 53.9 Å². The van der Waals surface area contributed by atoms with Gasteiger partial charge in [-0.25, -0.2) is 0 Å². The first-order chi connectivity index (χ1) is 6.36. The molecule has 2 rings (SSSR count). The highest BCUT2D eigenvalue weighted by Crippen LogP contribution is 2.14.